The molecule has 1 atom stereocenters. The lowest BCUT2D eigenvalue weighted by atomic mass is 10.1. The highest BCUT2D eigenvalue weighted by molar-refractivity contribution is 5.80. The molecule has 7 heteroatoms. The molecule has 1 aromatic carbocycles. The maximum atomic E-state index is 4.80. The van der Waals surface area contributed by atoms with Crippen molar-refractivity contribution >= 4 is 5.96 Å². The lowest BCUT2D eigenvalue weighted by Crippen LogP contribution is -2.43. The molecule has 2 heterocycles. The molecular formula is C25H37N7. The number of benzene rings is 1. The van der Waals surface area contributed by atoms with Crippen molar-refractivity contribution in [1.82, 2.24) is 30.2 Å². The van der Waals surface area contributed by atoms with Crippen LogP contribution in [0, 0.1) is 20.8 Å². The number of nitrogens with zero attached hydrogens (tertiary/aromatic N) is 5. The van der Waals surface area contributed by atoms with Gasteiger partial charge in [-0.2, -0.15) is 10.2 Å². The minimum atomic E-state index is 0.265. The molecule has 0 fully saturated rings. The molecule has 0 saturated carbocycles. The second-order valence-corrected chi connectivity index (χ2v) is 8.41. The summed E-state index contributed by atoms with van der Waals surface area (Å²) in [5.41, 5.74) is 7.09. The third-order valence-corrected chi connectivity index (χ3v) is 5.79. The van der Waals surface area contributed by atoms with E-state index in [4.69, 9.17) is 4.99 Å². The molecule has 7 nitrogen and oxygen atoms in total. The first-order valence-corrected chi connectivity index (χ1v) is 11.5. The summed E-state index contributed by atoms with van der Waals surface area (Å²) in [5, 5.41) is 16.1. The fourth-order valence-electron chi connectivity index (χ4n) is 3.94. The van der Waals surface area contributed by atoms with E-state index in [1.54, 1.807) is 0 Å². The number of nitrogens with one attached hydrogen (secondary N) is 2. The number of hydrogen-bond acceptors (Lipinski definition) is 3. The Balaban J connectivity index is 1.54. The standard InChI is InChI=1S/C25H37N7/c1-7-26-25(28-18(2)16-24-20(4)29-31(6)21(24)5)27-15-11-12-22-17-32(30-19(22)3)23-13-9-8-10-14-23/h8-10,13-14,17-18H,7,11-12,15-16H2,1-6H3,(H2,26,27,28). The van der Waals surface area contributed by atoms with E-state index in [2.05, 4.69) is 73.8 Å². The van der Waals surface area contributed by atoms with Gasteiger partial charge in [0.25, 0.3) is 0 Å². The van der Waals surface area contributed by atoms with E-state index in [0.717, 1.165) is 55.4 Å². The molecule has 2 N–H and O–H groups in total. The molecule has 0 amide bonds. The smallest absolute Gasteiger partial charge is 0.191 e. The van der Waals surface area contributed by atoms with Gasteiger partial charge in [-0.05, 0) is 77.1 Å². The minimum absolute atomic E-state index is 0.265. The molecular weight excluding hydrogens is 398 g/mol. The molecule has 2 aromatic heterocycles. The lowest BCUT2D eigenvalue weighted by molar-refractivity contribution is 0.634. The fraction of sp³-hybridized carbons (Fsp3) is 0.480. The van der Waals surface area contributed by atoms with Gasteiger partial charge in [0.15, 0.2) is 5.96 Å². The second-order valence-electron chi connectivity index (χ2n) is 8.41. The van der Waals surface area contributed by atoms with E-state index in [-0.39, 0.29) is 6.04 Å². The van der Waals surface area contributed by atoms with Crippen molar-refractivity contribution in [3.05, 3.63) is 64.7 Å². The van der Waals surface area contributed by atoms with Crippen LogP contribution in [0.3, 0.4) is 0 Å². The van der Waals surface area contributed by atoms with Crippen LogP contribution in [0.1, 0.15) is 48.5 Å². The molecule has 0 aliphatic carbocycles. The predicted octanol–water partition coefficient (Wildman–Crippen LogP) is 3.65. The average molecular weight is 436 g/mol. The summed E-state index contributed by atoms with van der Waals surface area (Å²) in [7, 11) is 2.00. The molecule has 0 bridgehead atoms. The van der Waals surface area contributed by atoms with Crippen LogP contribution in [0.15, 0.2) is 41.5 Å². The van der Waals surface area contributed by atoms with Gasteiger partial charge >= 0.3 is 0 Å². The Bertz CT molecular complexity index is 1030. The molecule has 0 aliphatic rings. The number of aliphatic imine (C=N–C) groups is 1. The van der Waals surface area contributed by atoms with Crippen LogP contribution in [0.4, 0.5) is 0 Å². The first kappa shape index (κ1) is 23.6. The Kier molecular flexibility index (Phi) is 8.09. The van der Waals surface area contributed by atoms with Crippen molar-refractivity contribution in [2.45, 2.75) is 59.9 Å². The SMILES string of the molecule is CCNC(=NCCCc1cn(-c2ccccc2)nc1C)NC(C)Cc1c(C)nn(C)c1C. The van der Waals surface area contributed by atoms with Gasteiger partial charge in [0.1, 0.15) is 0 Å². The monoisotopic (exact) mass is 435 g/mol. The molecule has 0 saturated heterocycles. The largest absolute Gasteiger partial charge is 0.357 e. The van der Waals surface area contributed by atoms with E-state index in [1.165, 1.54) is 16.8 Å². The number of rotatable bonds is 9. The van der Waals surface area contributed by atoms with Gasteiger partial charge in [-0.25, -0.2) is 4.68 Å². The lowest BCUT2D eigenvalue weighted by Gasteiger charge is -2.18. The molecule has 1 unspecified atom stereocenters. The Hall–Kier alpha value is -3.09. The molecule has 172 valence electrons. The van der Waals surface area contributed by atoms with E-state index < -0.39 is 0 Å². The molecule has 32 heavy (non-hydrogen) atoms. The highest BCUT2D eigenvalue weighted by Crippen LogP contribution is 2.15. The third kappa shape index (κ3) is 5.99. The van der Waals surface area contributed by atoms with Crippen molar-refractivity contribution in [2.75, 3.05) is 13.1 Å². The molecule has 3 aromatic rings. The number of hydrogen-bond donors (Lipinski definition) is 2. The van der Waals surface area contributed by atoms with Gasteiger partial charge in [0, 0.05) is 38.1 Å². The minimum Gasteiger partial charge on any atom is -0.357 e. The number of aromatic nitrogens is 4. The van der Waals surface area contributed by atoms with Gasteiger partial charge in [-0.1, -0.05) is 18.2 Å². The summed E-state index contributed by atoms with van der Waals surface area (Å²) < 4.78 is 3.92. The van der Waals surface area contributed by atoms with Gasteiger partial charge in [-0.3, -0.25) is 9.67 Å². The third-order valence-electron chi connectivity index (χ3n) is 5.79. The maximum absolute atomic E-state index is 4.80. The maximum Gasteiger partial charge on any atom is 0.191 e. The van der Waals surface area contributed by atoms with Crippen LogP contribution in [0.25, 0.3) is 5.69 Å². The molecule has 3 rings (SSSR count). The Morgan fingerprint density at radius 3 is 2.50 bits per heavy atom. The summed E-state index contributed by atoms with van der Waals surface area (Å²) in [5.74, 6) is 0.871. The molecule has 0 spiro atoms. The van der Waals surface area contributed by atoms with Crippen LogP contribution in [-0.2, 0) is 19.9 Å². The quantitative estimate of drug-likeness (QED) is 0.306. The van der Waals surface area contributed by atoms with Crippen molar-refractivity contribution in [3.8, 4) is 5.69 Å². The summed E-state index contributed by atoms with van der Waals surface area (Å²) >= 11 is 0. The van der Waals surface area contributed by atoms with Crippen molar-refractivity contribution < 1.29 is 0 Å². The van der Waals surface area contributed by atoms with Crippen LogP contribution in [0.2, 0.25) is 0 Å². The van der Waals surface area contributed by atoms with Crippen molar-refractivity contribution in [2.24, 2.45) is 12.0 Å². The van der Waals surface area contributed by atoms with Gasteiger partial charge in [0.2, 0.25) is 0 Å². The van der Waals surface area contributed by atoms with Crippen LogP contribution < -0.4 is 10.6 Å². The van der Waals surface area contributed by atoms with Crippen LogP contribution in [0.5, 0.6) is 0 Å². The highest BCUT2D eigenvalue weighted by Gasteiger charge is 2.14. The first-order chi connectivity index (χ1) is 15.4. The van der Waals surface area contributed by atoms with Gasteiger partial charge < -0.3 is 10.6 Å². The fourth-order valence-corrected chi connectivity index (χ4v) is 3.94. The van der Waals surface area contributed by atoms with Crippen LogP contribution >= 0.6 is 0 Å². The van der Waals surface area contributed by atoms with Gasteiger partial charge in [-0.15, -0.1) is 0 Å². The molecule has 0 radical (unpaired) electrons. The summed E-state index contributed by atoms with van der Waals surface area (Å²) in [6, 6.07) is 10.5. The van der Waals surface area contributed by atoms with Crippen molar-refractivity contribution in [1.29, 1.82) is 0 Å². The average Bonchev–Trinajstić information content (AvgIpc) is 3.26. The zero-order valence-electron chi connectivity index (χ0n) is 20.3. The second kappa shape index (κ2) is 11.0. The highest BCUT2D eigenvalue weighted by atomic mass is 15.3. The first-order valence-electron chi connectivity index (χ1n) is 11.5. The summed E-state index contributed by atoms with van der Waals surface area (Å²) in [6.45, 7) is 12.2. The number of guanidine groups is 1. The van der Waals surface area contributed by atoms with E-state index in [9.17, 15) is 0 Å². The Labute approximate surface area is 191 Å². The number of para-hydroxylation sites is 1. The Morgan fingerprint density at radius 1 is 1.09 bits per heavy atom. The van der Waals surface area contributed by atoms with Crippen molar-refractivity contribution in [3.63, 3.8) is 0 Å². The topological polar surface area (TPSA) is 72.1 Å². The van der Waals surface area contributed by atoms with Gasteiger partial charge in [0.05, 0.1) is 17.1 Å². The van der Waals surface area contributed by atoms with E-state index >= 15 is 0 Å². The summed E-state index contributed by atoms with van der Waals surface area (Å²) in [4.78, 5) is 4.80. The normalized spacial score (nSPS) is 12.8. The van der Waals surface area contributed by atoms with E-state index in [0.29, 0.717) is 0 Å². The summed E-state index contributed by atoms with van der Waals surface area (Å²) in [6.07, 6.45) is 5.00. The zero-order valence-corrected chi connectivity index (χ0v) is 20.3. The predicted molar refractivity (Wildman–Crippen MR) is 132 cm³/mol. The number of aryl methyl sites for hydroxylation is 4. The molecule has 0 aliphatic heterocycles. The van der Waals surface area contributed by atoms with E-state index in [1.807, 2.05) is 34.6 Å². The van der Waals surface area contributed by atoms with Crippen LogP contribution in [-0.4, -0.2) is 44.7 Å². The zero-order chi connectivity index (χ0) is 23.1. The Morgan fingerprint density at radius 2 is 1.84 bits per heavy atom.